The Morgan fingerprint density at radius 1 is 1.27 bits per heavy atom. The molecule has 3 amide bonds. The van der Waals surface area contributed by atoms with E-state index in [-0.39, 0.29) is 12.5 Å². The smallest absolute Gasteiger partial charge is 0.253 e. The van der Waals surface area contributed by atoms with Crippen LogP contribution in [0.1, 0.15) is 29.6 Å². The van der Waals surface area contributed by atoms with Crippen molar-refractivity contribution in [2.45, 2.75) is 25.3 Å². The first-order valence-electron chi connectivity index (χ1n) is 7.17. The number of amides is 3. The molecule has 0 radical (unpaired) electrons. The molecule has 1 fully saturated rings. The van der Waals surface area contributed by atoms with Gasteiger partial charge in [-0.3, -0.25) is 14.4 Å². The fraction of sp³-hybridized carbons (Fsp3) is 0.400. The summed E-state index contributed by atoms with van der Waals surface area (Å²) in [5.41, 5.74) is 0.309. The molecule has 1 unspecified atom stereocenters. The van der Waals surface area contributed by atoms with Crippen LogP contribution < -0.4 is 16.0 Å². The van der Waals surface area contributed by atoms with Crippen LogP contribution in [0.25, 0.3) is 0 Å². The average Bonchev–Trinajstić information content (AvgIpc) is 2.70. The van der Waals surface area contributed by atoms with E-state index in [9.17, 15) is 14.4 Å². The number of hydrogen-bond acceptors (Lipinski definition) is 3. The lowest BCUT2D eigenvalue weighted by Gasteiger charge is -2.15. The van der Waals surface area contributed by atoms with Gasteiger partial charge in [0.1, 0.15) is 6.04 Å². The zero-order valence-electron chi connectivity index (χ0n) is 12.0. The summed E-state index contributed by atoms with van der Waals surface area (Å²) in [6, 6.07) is 6.06. The lowest BCUT2D eigenvalue weighted by Crippen LogP contribution is -2.48. The molecule has 1 saturated heterocycles. The summed E-state index contributed by atoms with van der Waals surface area (Å²) in [7, 11) is 0. The van der Waals surface area contributed by atoms with E-state index in [0.717, 1.165) is 12.8 Å². The minimum Gasteiger partial charge on any atom is -0.354 e. The van der Waals surface area contributed by atoms with E-state index < -0.39 is 17.9 Å². The molecule has 0 aromatic heterocycles. The first-order chi connectivity index (χ1) is 10.6. The molecule has 3 N–H and O–H groups in total. The molecule has 0 bridgehead atoms. The lowest BCUT2D eigenvalue weighted by atomic mass is 10.1. The van der Waals surface area contributed by atoms with Gasteiger partial charge < -0.3 is 16.0 Å². The fourth-order valence-corrected chi connectivity index (χ4v) is 2.45. The van der Waals surface area contributed by atoms with E-state index >= 15 is 0 Å². The normalized spacial score (nSPS) is 18.0. The first-order valence-corrected chi connectivity index (χ1v) is 7.55. The van der Waals surface area contributed by atoms with Gasteiger partial charge in [0.15, 0.2) is 0 Å². The zero-order chi connectivity index (χ0) is 15.9. The molecule has 1 aliphatic rings. The quantitative estimate of drug-likeness (QED) is 0.768. The van der Waals surface area contributed by atoms with E-state index in [2.05, 4.69) is 16.0 Å². The van der Waals surface area contributed by atoms with Gasteiger partial charge in [-0.1, -0.05) is 23.7 Å². The van der Waals surface area contributed by atoms with E-state index in [1.807, 2.05) is 0 Å². The van der Waals surface area contributed by atoms with Crippen molar-refractivity contribution in [3.05, 3.63) is 34.9 Å². The lowest BCUT2D eigenvalue weighted by molar-refractivity contribution is -0.128. The molecule has 1 atom stereocenters. The Kier molecular flexibility index (Phi) is 5.77. The number of carbonyl (C=O) groups is 3. The summed E-state index contributed by atoms with van der Waals surface area (Å²) in [6.07, 6.45) is 2.38. The maximum absolute atomic E-state index is 11.9. The van der Waals surface area contributed by atoms with Gasteiger partial charge in [0, 0.05) is 6.54 Å². The minimum atomic E-state index is -0.535. The molecule has 0 aliphatic carbocycles. The van der Waals surface area contributed by atoms with Crippen molar-refractivity contribution in [3.63, 3.8) is 0 Å². The highest BCUT2D eigenvalue weighted by molar-refractivity contribution is 6.33. The summed E-state index contributed by atoms with van der Waals surface area (Å²) in [5, 5.41) is 8.19. The average molecular weight is 324 g/mol. The Labute approximate surface area is 133 Å². The van der Waals surface area contributed by atoms with Gasteiger partial charge in [0.2, 0.25) is 11.8 Å². The van der Waals surface area contributed by atoms with Crippen LogP contribution in [-0.4, -0.2) is 36.9 Å². The third-order valence-corrected chi connectivity index (χ3v) is 3.73. The summed E-state index contributed by atoms with van der Waals surface area (Å²) in [4.78, 5) is 35.5. The van der Waals surface area contributed by atoms with Crippen molar-refractivity contribution in [2.24, 2.45) is 0 Å². The Hall–Kier alpha value is -2.08. The molecule has 1 aliphatic heterocycles. The van der Waals surface area contributed by atoms with E-state index in [4.69, 9.17) is 11.6 Å². The van der Waals surface area contributed by atoms with Crippen LogP contribution in [0.3, 0.4) is 0 Å². The van der Waals surface area contributed by atoms with E-state index in [1.165, 1.54) is 0 Å². The molecule has 6 nitrogen and oxygen atoms in total. The number of hydrogen-bond donors (Lipinski definition) is 3. The monoisotopic (exact) mass is 323 g/mol. The van der Waals surface area contributed by atoms with Crippen LogP contribution in [-0.2, 0) is 9.59 Å². The highest BCUT2D eigenvalue weighted by Gasteiger charge is 2.22. The van der Waals surface area contributed by atoms with Crippen molar-refractivity contribution < 1.29 is 14.4 Å². The Morgan fingerprint density at radius 3 is 2.82 bits per heavy atom. The number of halogens is 1. The third kappa shape index (κ3) is 4.46. The summed E-state index contributed by atoms with van der Waals surface area (Å²) >= 11 is 5.91. The molecule has 0 saturated carbocycles. The van der Waals surface area contributed by atoms with Gasteiger partial charge in [0.25, 0.3) is 5.91 Å². The summed E-state index contributed by atoms with van der Waals surface area (Å²) in [6.45, 7) is 0.433. The zero-order valence-corrected chi connectivity index (χ0v) is 12.8. The van der Waals surface area contributed by atoms with Crippen LogP contribution in [0.2, 0.25) is 5.02 Å². The second kappa shape index (κ2) is 7.79. The molecule has 22 heavy (non-hydrogen) atoms. The van der Waals surface area contributed by atoms with Crippen LogP contribution in [0, 0.1) is 0 Å². The summed E-state index contributed by atoms with van der Waals surface area (Å²) in [5.74, 6) is -1.00. The highest BCUT2D eigenvalue weighted by atomic mass is 35.5. The number of carbonyl (C=O) groups excluding carboxylic acids is 3. The molecule has 1 aromatic carbocycles. The van der Waals surface area contributed by atoms with E-state index in [1.54, 1.807) is 24.3 Å². The van der Waals surface area contributed by atoms with Crippen LogP contribution in [0.5, 0.6) is 0 Å². The van der Waals surface area contributed by atoms with Crippen molar-refractivity contribution in [1.82, 2.24) is 16.0 Å². The van der Waals surface area contributed by atoms with Crippen LogP contribution >= 0.6 is 11.6 Å². The second-order valence-corrected chi connectivity index (χ2v) is 5.48. The predicted octanol–water partition coefficient (Wildman–Crippen LogP) is 0.855. The van der Waals surface area contributed by atoms with Crippen molar-refractivity contribution in [1.29, 1.82) is 0 Å². The highest BCUT2D eigenvalue weighted by Crippen LogP contribution is 2.14. The molecule has 1 aromatic rings. The Bertz CT molecular complexity index is 577. The van der Waals surface area contributed by atoms with E-state index in [0.29, 0.717) is 23.6 Å². The second-order valence-electron chi connectivity index (χ2n) is 5.07. The van der Waals surface area contributed by atoms with Gasteiger partial charge in [-0.05, 0) is 31.4 Å². The molecule has 2 rings (SSSR count). The molecular formula is C15H18ClN3O3. The van der Waals surface area contributed by atoms with Gasteiger partial charge in [-0.25, -0.2) is 0 Å². The number of rotatable bonds is 4. The van der Waals surface area contributed by atoms with Crippen LogP contribution in [0.15, 0.2) is 24.3 Å². The summed E-state index contributed by atoms with van der Waals surface area (Å²) < 4.78 is 0. The maximum Gasteiger partial charge on any atom is 0.253 e. The van der Waals surface area contributed by atoms with Gasteiger partial charge in [-0.2, -0.15) is 0 Å². The maximum atomic E-state index is 11.9. The fourth-order valence-electron chi connectivity index (χ4n) is 2.22. The van der Waals surface area contributed by atoms with Crippen LogP contribution in [0.4, 0.5) is 0 Å². The number of nitrogens with one attached hydrogen (secondary N) is 3. The predicted molar refractivity (Wildman–Crippen MR) is 82.6 cm³/mol. The first kappa shape index (κ1) is 16.3. The Morgan fingerprint density at radius 2 is 2.05 bits per heavy atom. The molecular weight excluding hydrogens is 306 g/mol. The third-order valence-electron chi connectivity index (χ3n) is 3.40. The molecule has 7 heteroatoms. The number of benzene rings is 1. The van der Waals surface area contributed by atoms with Gasteiger partial charge in [0.05, 0.1) is 17.1 Å². The van der Waals surface area contributed by atoms with Gasteiger partial charge >= 0.3 is 0 Å². The molecule has 118 valence electrons. The Balaban J connectivity index is 1.83. The topological polar surface area (TPSA) is 87.3 Å². The SMILES string of the molecule is O=C(CNC(=O)c1ccccc1Cl)NC1CCCCNC1=O. The van der Waals surface area contributed by atoms with Crippen molar-refractivity contribution in [3.8, 4) is 0 Å². The molecule has 1 heterocycles. The van der Waals surface area contributed by atoms with Gasteiger partial charge in [-0.15, -0.1) is 0 Å². The van der Waals surface area contributed by atoms with Crippen molar-refractivity contribution in [2.75, 3.05) is 13.1 Å². The standard InChI is InChI=1S/C15H18ClN3O3/c16-11-6-2-1-5-10(11)14(21)18-9-13(20)19-12-7-3-4-8-17-15(12)22/h1-2,5-6,12H,3-4,7-9H2,(H,17,22)(H,18,21)(H,19,20). The van der Waals surface area contributed by atoms with Crippen molar-refractivity contribution >= 4 is 29.3 Å². The minimum absolute atomic E-state index is 0.178. The largest absolute Gasteiger partial charge is 0.354 e. The molecule has 0 spiro atoms.